The van der Waals surface area contributed by atoms with Crippen LogP contribution in [0.15, 0.2) is 0 Å². The number of halogens is 2. The van der Waals surface area contributed by atoms with Gasteiger partial charge in [0, 0.05) is 0 Å². The quantitative estimate of drug-likeness (QED) is 0.737. The van der Waals surface area contributed by atoms with E-state index in [2.05, 4.69) is 0 Å². The predicted octanol–water partition coefficient (Wildman–Crippen LogP) is 0.784. The van der Waals surface area contributed by atoms with Gasteiger partial charge in [0.25, 0.3) is 0 Å². The number of rotatable bonds is 2. The van der Waals surface area contributed by atoms with Crippen LogP contribution >= 0.6 is 0 Å². The van der Waals surface area contributed by atoms with Crippen LogP contribution in [0, 0.1) is 17.8 Å². The molecular formula is C8H11AsF2O2. The Morgan fingerprint density at radius 1 is 1.46 bits per heavy atom. The molecule has 4 unspecified atom stereocenters. The van der Waals surface area contributed by atoms with Gasteiger partial charge in [-0.05, 0) is 0 Å². The van der Waals surface area contributed by atoms with Crippen LogP contribution in [-0.4, -0.2) is 33.9 Å². The molecule has 2 nitrogen and oxygen atoms in total. The molecule has 2 aliphatic carbocycles. The van der Waals surface area contributed by atoms with Gasteiger partial charge in [0.2, 0.25) is 0 Å². The molecule has 0 amide bonds. The van der Waals surface area contributed by atoms with Gasteiger partial charge in [0.1, 0.15) is 0 Å². The van der Waals surface area contributed by atoms with Crippen molar-refractivity contribution in [1.29, 1.82) is 0 Å². The van der Waals surface area contributed by atoms with E-state index in [0.717, 1.165) is 16.9 Å². The van der Waals surface area contributed by atoms with Crippen molar-refractivity contribution in [1.82, 2.24) is 0 Å². The molecule has 2 aliphatic rings. The van der Waals surface area contributed by atoms with Gasteiger partial charge in [0.15, 0.2) is 0 Å². The second-order valence-electron chi connectivity index (χ2n) is 3.98. The first kappa shape index (κ1) is 9.44. The van der Waals surface area contributed by atoms with E-state index in [0.29, 0.717) is 12.8 Å². The van der Waals surface area contributed by atoms with Crippen molar-refractivity contribution in [2.75, 3.05) is 0 Å². The molecule has 0 bridgehead atoms. The van der Waals surface area contributed by atoms with Gasteiger partial charge >= 0.3 is 82.7 Å². The summed E-state index contributed by atoms with van der Waals surface area (Å²) >= 11 is 1.14. The monoisotopic (exact) mass is 252 g/mol. The Kier molecular flexibility index (Phi) is 1.95. The Balaban J connectivity index is 1.94. The number of carboxylic acids is 1. The zero-order valence-corrected chi connectivity index (χ0v) is 9.34. The average molecular weight is 252 g/mol. The summed E-state index contributed by atoms with van der Waals surface area (Å²) in [5.41, 5.74) is 0. The van der Waals surface area contributed by atoms with E-state index < -0.39 is 28.4 Å². The van der Waals surface area contributed by atoms with Crippen molar-refractivity contribution in [3.8, 4) is 0 Å². The average Bonchev–Trinajstić information content (AvgIpc) is 2.53. The maximum atomic E-state index is 12.7. The third kappa shape index (κ3) is 1.30. The third-order valence-electron chi connectivity index (χ3n) is 3.27. The minimum atomic E-state index is -2.47. The van der Waals surface area contributed by atoms with Gasteiger partial charge in [-0.1, -0.05) is 0 Å². The number of hydrogen-bond acceptors (Lipinski definition) is 1. The summed E-state index contributed by atoms with van der Waals surface area (Å²) in [6.45, 7) is 0. The van der Waals surface area contributed by atoms with E-state index in [9.17, 15) is 13.6 Å². The maximum absolute atomic E-state index is 12.7. The Hall–Kier alpha value is -0.112. The van der Waals surface area contributed by atoms with E-state index in [1.165, 1.54) is 0 Å². The summed E-state index contributed by atoms with van der Waals surface area (Å²) in [5, 5.41) is 8.70. The Morgan fingerprint density at radius 2 is 1.92 bits per heavy atom. The summed E-state index contributed by atoms with van der Waals surface area (Å²) in [6.07, 6.45) is 0.819. The SMILES string of the molecule is O=C(O)C([AsH2])C1CC2C(C1)C2(F)F. The van der Waals surface area contributed by atoms with E-state index in [1.54, 1.807) is 0 Å². The summed E-state index contributed by atoms with van der Waals surface area (Å²) in [6, 6.07) is 0. The zero-order chi connectivity index (χ0) is 9.80. The standard InChI is InChI=1S/C8H11AsF2O2/c9-6(7(12)13)3-1-4-5(2-3)8(4,10)11/h3-6H,1-2,9H2,(H,12,13). The van der Waals surface area contributed by atoms with E-state index in [4.69, 9.17) is 5.11 Å². The number of hydrogen-bond donors (Lipinski definition) is 1. The van der Waals surface area contributed by atoms with Crippen LogP contribution in [0.1, 0.15) is 12.8 Å². The molecule has 0 saturated heterocycles. The van der Waals surface area contributed by atoms with Gasteiger partial charge in [0.05, 0.1) is 0 Å². The van der Waals surface area contributed by atoms with Crippen LogP contribution in [0.2, 0.25) is 4.71 Å². The minimum absolute atomic E-state index is 0.00729. The van der Waals surface area contributed by atoms with Gasteiger partial charge in [-0.2, -0.15) is 0 Å². The predicted molar refractivity (Wildman–Crippen MR) is 44.6 cm³/mol. The molecule has 13 heavy (non-hydrogen) atoms. The fourth-order valence-corrected chi connectivity index (χ4v) is 3.01. The number of carbonyl (C=O) groups is 1. The normalized spacial score (nSPS) is 42.5. The molecule has 2 fully saturated rings. The molecule has 74 valence electrons. The molecule has 0 heterocycles. The first-order valence-electron chi connectivity index (χ1n) is 4.30. The molecule has 4 atom stereocenters. The molecule has 0 aromatic rings. The van der Waals surface area contributed by atoms with Crippen LogP contribution in [0.5, 0.6) is 0 Å². The van der Waals surface area contributed by atoms with Gasteiger partial charge < -0.3 is 0 Å². The van der Waals surface area contributed by atoms with Crippen LogP contribution in [-0.2, 0) is 4.79 Å². The molecule has 0 spiro atoms. The van der Waals surface area contributed by atoms with Gasteiger partial charge in [-0.3, -0.25) is 0 Å². The van der Waals surface area contributed by atoms with Gasteiger partial charge in [-0.15, -0.1) is 0 Å². The van der Waals surface area contributed by atoms with Crippen molar-refractivity contribution >= 4 is 22.8 Å². The van der Waals surface area contributed by atoms with E-state index >= 15 is 0 Å². The van der Waals surface area contributed by atoms with E-state index in [-0.39, 0.29) is 5.92 Å². The molecule has 5 heteroatoms. The first-order chi connectivity index (χ1) is 5.94. The molecule has 2 saturated carbocycles. The zero-order valence-electron chi connectivity index (χ0n) is 6.91. The Bertz CT molecular complexity index is 243. The number of alkyl halides is 2. The Labute approximate surface area is 83.2 Å². The fraction of sp³-hybridized carbons (Fsp3) is 0.875. The van der Waals surface area contributed by atoms with Crippen molar-refractivity contribution in [3.05, 3.63) is 0 Å². The summed E-state index contributed by atoms with van der Waals surface area (Å²) in [5.74, 6) is -4.33. The van der Waals surface area contributed by atoms with Crippen LogP contribution in [0.3, 0.4) is 0 Å². The van der Waals surface area contributed by atoms with Crippen molar-refractivity contribution in [2.24, 2.45) is 17.8 Å². The number of aliphatic carboxylic acids is 1. The van der Waals surface area contributed by atoms with Crippen LogP contribution in [0.4, 0.5) is 8.78 Å². The first-order valence-corrected chi connectivity index (χ1v) is 5.70. The summed E-state index contributed by atoms with van der Waals surface area (Å²) < 4.78 is 25.1. The summed E-state index contributed by atoms with van der Waals surface area (Å²) in [7, 11) is 0. The van der Waals surface area contributed by atoms with E-state index in [1.807, 2.05) is 0 Å². The second-order valence-corrected chi connectivity index (χ2v) is 5.49. The fourth-order valence-electron chi connectivity index (χ4n) is 2.35. The number of fused-ring (bicyclic) bond motifs is 1. The summed E-state index contributed by atoms with van der Waals surface area (Å²) in [4.78, 5) is 10.6. The van der Waals surface area contributed by atoms with Crippen molar-refractivity contribution < 1.29 is 18.7 Å². The van der Waals surface area contributed by atoms with Crippen LogP contribution in [0.25, 0.3) is 0 Å². The second kappa shape index (κ2) is 2.69. The molecule has 0 aromatic carbocycles. The molecule has 0 aromatic heterocycles. The van der Waals surface area contributed by atoms with Crippen molar-refractivity contribution in [2.45, 2.75) is 23.5 Å². The van der Waals surface area contributed by atoms with Gasteiger partial charge in [-0.25, -0.2) is 0 Å². The molecule has 2 rings (SSSR count). The Morgan fingerprint density at radius 3 is 2.31 bits per heavy atom. The molecule has 1 N–H and O–H groups in total. The third-order valence-corrected chi connectivity index (χ3v) is 5.01. The molecular weight excluding hydrogens is 241 g/mol. The van der Waals surface area contributed by atoms with Crippen molar-refractivity contribution in [3.63, 3.8) is 0 Å². The number of carboxylic acid groups (broad SMARTS) is 1. The molecule has 0 aliphatic heterocycles. The van der Waals surface area contributed by atoms with Crippen LogP contribution < -0.4 is 0 Å². The topological polar surface area (TPSA) is 37.3 Å². The molecule has 0 radical (unpaired) electrons.